The molecule has 4 rings (SSSR count). The number of aliphatic hydroxyl groups excluding tert-OH is 3. The molecule has 0 bridgehead atoms. The monoisotopic (exact) mass is 352 g/mol. The largest absolute Gasteiger partial charge is 0.472 e. The van der Waals surface area contributed by atoms with Crippen LogP contribution in [0.15, 0.2) is 23.0 Å². The second-order valence-corrected chi connectivity index (χ2v) is 8.02. The zero-order valence-electron chi connectivity index (χ0n) is 14.0. The Bertz CT molecular complexity index is 658. The van der Waals surface area contributed by atoms with Crippen LogP contribution in [-0.2, 0) is 9.53 Å². The molecule has 3 fully saturated rings. The quantitative estimate of drug-likeness (QED) is 0.544. The third-order valence-electron chi connectivity index (χ3n) is 6.83. The molecule has 0 unspecified atom stereocenters. The van der Waals surface area contributed by atoms with E-state index < -0.39 is 47.3 Å². The lowest BCUT2D eigenvalue weighted by atomic mass is 9.48. The molecule has 2 saturated carbocycles. The summed E-state index contributed by atoms with van der Waals surface area (Å²) in [6, 6.07) is 1.70. The summed E-state index contributed by atoms with van der Waals surface area (Å²) in [6.07, 6.45) is 0.370. The fourth-order valence-corrected chi connectivity index (χ4v) is 5.39. The van der Waals surface area contributed by atoms with Gasteiger partial charge in [0.25, 0.3) is 0 Å². The highest BCUT2D eigenvalue weighted by molar-refractivity contribution is 5.82. The lowest BCUT2D eigenvalue weighted by Crippen LogP contribution is -2.69. The number of carbonyl (C=O) groups is 1. The molecule has 1 aliphatic heterocycles. The highest BCUT2D eigenvalue weighted by atomic mass is 16.6. The number of esters is 1. The van der Waals surface area contributed by atoms with Gasteiger partial charge in [-0.15, -0.1) is 0 Å². The molecule has 0 aromatic carbocycles. The van der Waals surface area contributed by atoms with E-state index in [1.807, 2.05) is 0 Å². The molecule has 25 heavy (non-hydrogen) atoms. The lowest BCUT2D eigenvalue weighted by molar-refractivity contribution is -0.265. The van der Waals surface area contributed by atoms with Crippen molar-refractivity contribution in [3.8, 4) is 0 Å². The predicted molar refractivity (Wildman–Crippen MR) is 84.1 cm³/mol. The highest BCUT2D eigenvalue weighted by Crippen LogP contribution is 2.61. The number of aliphatic hydroxyl groups is 4. The normalized spacial score (nSPS) is 49.9. The first-order valence-corrected chi connectivity index (χ1v) is 8.78. The molecular weight excluding hydrogens is 328 g/mol. The van der Waals surface area contributed by atoms with Crippen LogP contribution in [0.2, 0.25) is 0 Å². The summed E-state index contributed by atoms with van der Waals surface area (Å²) in [4.78, 5) is 12.7. The van der Waals surface area contributed by atoms with E-state index in [9.17, 15) is 25.2 Å². The van der Waals surface area contributed by atoms with Crippen molar-refractivity contribution in [1.82, 2.24) is 0 Å². The SMILES string of the molecule is C[C@]12C[C@H](c3ccoc3)OC(=O)[C@@]1(O)CC[C@@H]1[C@@H]2[C@H](O)[C@H](O)C[C@@H]1O. The van der Waals surface area contributed by atoms with E-state index in [0.717, 1.165) is 0 Å². The molecule has 8 atom stereocenters. The number of cyclic esters (lactones) is 1. The molecule has 2 heterocycles. The molecular formula is C18H24O7. The minimum Gasteiger partial charge on any atom is -0.472 e. The molecule has 138 valence electrons. The molecule has 7 nitrogen and oxygen atoms in total. The van der Waals surface area contributed by atoms with E-state index in [1.165, 1.54) is 12.5 Å². The maximum atomic E-state index is 12.7. The van der Waals surface area contributed by atoms with E-state index in [0.29, 0.717) is 12.0 Å². The minimum absolute atomic E-state index is 0.104. The van der Waals surface area contributed by atoms with Gasteiger partial charge in [-0.05, 0) is 31.2 Å². The standard InChI is InChI=1S/C18H24O7/c1-17-7-13(9-3-5-24-8-9)25-16(22)18(17,23)4-2-10-11(19)6-12(20)15(21)14(10)17/h3,5,8,10-15,19-21,23H,2,4,6-7H2,1H3/t10-,11-,12+,13+,14+,15+,17+,18-/m0/s1. The summed E-state index contributed by atoms with van der Waals surface area (Å²) in [7, 11) is 0. The van der Waals surface area contributed by atoms with Crippen molar-refractivity contribution in [2.24, 2.45) is 17.3 Å². The van der Waals surface area contributed by atoms with Crippen LogP contribution in [0.1, 0.15) is 44.3 Å². The van der Waals surface area contributed by atoms with Gasteiger partial charge in [0, 0.05) is 23.3 Å². The van der Waals surface area contributed by atoms with Crippen LogP contribution < -0.4 is 0 Å². The van der Waals surface area contributed by atoms with Gasteiger partial charge in [-0.2, -0.15) is 0 Å². The molecule has 2 aliphatic carbocycles. The summed E-state index contributed by atoms with van der Waals surface area (Å²) in [6.45, 7) is 1.76. The van der Waals surface area contributed by atoms with Gasteiger partial charge in [0.15, 0.2) is 5.60 Å². The van der Waals surface area contributed by atoms with Crippen molar-refractivity contribution in [3.05, 3.63) is 24.2 Å². The number of carbonyl (C=O) groups excluding carboxylic acids is 1. The number of ether oxygens (including phenoxy) is 1. The van der Waals surface area contributed by atoms with Crippen molar-refractivity contribution < 1.29 is 34.4 Å². The summed E-state index contributed by atoms with van der Waals surface area (Å²) >= 11 is 0. The first kappa shape index (κ1) is 17.0. The topological polar surface area (TPSA) is 120 Å². The van der Waals surface area contributed by atoms with Crippen molar-refractivity contribution in [2.45, 2.75) is 62.6 Å². The summed E-state index contributed by atoms with van der Waals surface area (Å²) in [5.74, 6) is -1.60. The number of rotatable bonds is 1. The van der Waals surface area contributed by atoms with E-state index in [2.05, 4.69) is 0 Å². The van der Waals surface area contributed by atoms with Crippen molar-refractivity contribution in [3.63, 3.8) is 0 Å². The maximum absolute atomic E-state index is 12.7. The smallest absolute Gasteiger partial charge is 0.339 e. The zero-order valence-corrected chi connectivity index (χ0v) is 14.0. The molecule has 1 aromatic heterocycles. The van der Waals surface area contributed by atoms with E-state index in [-0.39, 0.29) is 25.2 Å². The molecule has 3 aliphatic rings. The van der Waals surface area contributed by atoms with Gasteiger partial charge in [-0.3, -0.25) is 0 Å². The van der Waals surface area contributed by atoms with E-state index in [4.69, 9.17) is 9.15 Å². The second kappa shape index (κ2) is 5.54. The summed E-state index contributed by atoms with van der Waals surface area (Å²) in [5.41, 5.74) is -2.09. The molecule has 4 N–H and O–H groups in total. The molecule has 7 heteroatoms. The maximum Gasteiger partial charge on any atom is 0.339 e. The average molecular weight is 352 g/mol. The third-order valence-corrected chi connectivity index (χ3v) is 6.83. The van der Waals surface area contributed by atoms with E-state index >= 15 is 0 Å². The molecule has 1 aromatic rings. The molecule has 0 spiro atoms. The Labute approximate surface area is 145 Å². The highest BCUT2D eigenvalue weighted by Gasteiger charge is 2.68. The Morgan fingerprint density at radius 3 is 2.68 bits per heavy atom. The van der Waals surface area contributed by atoms with Crippen LogP contribution in [0.4, 0.5) is 0 Å². The minimum atomic E-state index is -1.74. The number of hydrogen-bond acceptors (Lipinski definition) is 7. The van der Waals surface area contributed by atoms with Gasteiger partial charge < -0.3 is 29.6 Å². The average Bonchev–Trinajstić information content (AvgIpc) is 3.08. The first-order chi connectivity index (χ1) is 11.8. The van der Waals surface area contributed by atoms with Gasteiger partial charge in [-0.1, -0.05) is 6.92 Å². The van der Waals surface area contributed by atoms with Crippen LogP contribution >= 0.6 is 0 Å². The van der Waals surface area contributed by atoms with Crippen LogP contribution in [0.3, 0.4) is 0 Å². The summed E-state index contributed by atoms with van der Waals surface area (Å²) < 4.78 is 10.6. The Morgan fingerprint density at radius 1 is 1.24 bits per heavy atom. The van der Waals surface area contributed by atoms with Gasteiger partial charge in [0.1, 0.15) is 6.10 Å². The van der Waals surface area contributed by atoms with Crippen LogP contribution in [0.25, 0.3) is 0 Å². The number of hydrogen-bond donors (Lipinski definition) is 4. The van der Waals surface area contributed by atoms with Gasteiger partial charge in [0.05, 0.1) is 30.8 Å². The lowest BCUT2D eigenvalue weighted by Gasteiger charge is -2.61. The van der Waals surface area contributed by atoms with E-state index in [1.54, 1.807) is 13.0 Å². The Kier molecular flexibility index (Phi) is 3.77. The second-order valence-electron chi connectivity index (χ2n) is 8.02. The van der Waals surface area contributed by atoms with Crippen molar-refractivity contribution >= 4 is 5.97 Å². The first-order valence-electron chi connectivity index (χ1n) is 8.78. The fraction of sp³-hybridized carbons (Fsp3) is 0.722. The summed E-state index contributed by atoms with van der Waals surface area (Å²) in [5, 5.41) is 42.4. The van der Waals surface area contributed by atoms with Crippen LogP contribution in [0.5, 0.6) is 0 Å². The number of furan rings is 1. The third kappa shape index (κ3) is 2.23. The molecule has 1 saturated heterocycles. The Hall–Kier alpha value is -1.41. The Morgan fingerprint density at radius 2 is 2.00 bits per heavy atom. The van der Waals surface area contributed by atoms with Crippen LogP contribution in [-0.4, -0.2) is 50.3 Å². The molecule has 0 radical (unpaired) electrons. The zero-order chi connectivity index (χ0) is 18.0. The fourth-order valence-electron chi connectivity index (χ4n) is 5.39. The van der Waals surface area contributed by atoms with Crippen molar-refractivity contribution in [2.75, 3.05) is 0 Å². The van der Waals surface area contributed by atoms with Crippen molar-refractivity contribution in [1.29, 1.82) is 0 Å². The Balaban J connectivity index is 1.77. The predicted octanol–water partition coefficient (Wildman–Crippen LogP) is 0.518. The van der Waals surface area contributed by atoms with Gasteiger partial charge in [0.2, 0.25) is 0 Å². The number of fused-ring (bicyclic) bond motifs is 3. The van der Waals surface area contributed by atoms with Crippen LogP contribution in [0, 0.1) is 17.3 Å². The van der Waals surface area contributed by atoms with Gasteiger partial charge >= 0.3 is 5.97 Å². The molecule has 0 amide bonds. The van der Waals surface area contributed by atoms with Gasteiger partial charge in [-0.25, -0.2) is 4.79 Å².